The maximum Gasteiger partial charge on any atom is 0.269 e. The number of benzene rings is 1. The predicted octanol–water partition coefficient (Wildman–Crippen LogP) is 2.11. The van der Waals surface area contributed by atoms with Gasteiger partial charge in [-0.2, -0.15) is 0 Å². The minimum absolute atomic E-state index is 0.0940. The van der Waals surface area contributed by atoms with Crippen molar-refractivity contribution in [1.29, 1.82) is 0 Å². The van der Waals surface area contributed by atoms with Crippen LogP contribution in [0.4, 0.5) is 5.69 Å². The van der Waals surface area contributed by atoms with Gasteiger partial charge in [0, 0.05) is 18.2 Å². The van der Waals surface area contributed by atoms with Crippen molar-refractivity contribution in [3.63, 3.8) is 0 Å². The average molecular weight is 236 g/mol. The van der Waals surface area contributed by atoms with E-state index in [0.29, 0.717) is 11.8 Å². The van der Waals surface area contributed by atoms with Crippen LogP contribution in [0.5, 0.6) is 5.75 Å². The van der Waals surface area contributed by atoms with Gasteiger partial charge < -0.3 is 10.1 Å². The molecular formula is C12H16N2O3. The highest BCUT2D eigenvalue weighted by Gasteiger charge is 2.29. The number of non-ortho nitro benzene ring substituents is 1. The van der Waals surface area contributed by atoms with E-state index in [-0.39, 0.29) is 11.8 Å². The molecule has 0 aromatic heterocycles. The third-order valence-electron chi connectivity index (χ3n) is 2.94. The van der Waals surface area contributed by atoms with Crippen LogP contribution >= 0.6 is 0 Å². The molecule has 5 heteroatoms. The van der Waals surface area contributed by atoms with Gasteiger partial charge >= 0.3 is 0 Å². The fourth-order valence-electron chi connectivity index (χ4n) is 1.96. The molecule has 17 heavy (non-hydrogen) atoms. The summed E-state index contributed by atoms with van der Waals surface area (Å²) < 4.78 is 5.70. The number of nitro groups is 1. The van der Waals surface area contributed by atoms with E-state index in [4.69, 9.17) is 4.74 Å². The molecule has 1 aromatic rings. The molecule has 1 aliphatic rings. The number of nitro benzene ring substituents is 1. The van der Waals surface area contributed by atoms with Crippen molar-refractivity contribution in [1.82, 2.24) is 5.32 Å². The molecule has 5 nitrogen and oxygen atoms in total. The minimum Gasteiger partial charge on any atom is -0.490 e. The maximum absolute atomic E-state index is 10.5. The monoisotopic (exact) mass is 236 g/mol. The molecule has 0 aliphatic heterocycles. The Bertz CT molecular complexity index is 385. The summed E-state index contributed by atoms with van der Waals surface area (Å²) in [6, 6.07) is 6.80. The highest BCUT2D eigenvalue weighted by molar-refractivity contribution is 5.36. The summed E-state index contributed by atoms with van der Waals surface area (Å²) in [6.07, 6.45) is 2.25. The molecule has 0 radical (unpaired) electrons. The second-order valence-electron chi connectivity index (χ2n) is 4.22. The van der Waals surface area contributed by atoms with Gasteiger partial charge in [-0.3, -0.25) is 10.1 Å². The van der Waals surface area contributed by atoms with E-state index in [1.54, 1.807) is 12.1 Å². The topological polar surface area (TPSA) is 64.4 Å². The van der Waals surface area contributed by atoms with Crippen LogP contribution in [0, 0.1) is 10.1 Å². The van der Waals surface area contributed by atoms with Gasteiger partial charge in [0.25, 0.3) is 5.69 Å². The van der Waals surface area contributed by atoms with Gasteiger partial charge in [-0.05, 0) is 31.5 Å². The Balaban J connectivity index is 1.82. The summed E-state index contributed by atoms with van der Waals surface area (Å²) in [5.74, 6) is 0.704. The van der Waals surface area contributed by atoms with Gasteiger partial charge in [0.05, 0.1) is 4.92 Å². The molecule has 0 spiro atoms. The zero-order chi connectivity index (χ0) is 12.3. The van der Waals surface area contributed by atoms with Crippen molar-refractivity contribution >= 4 is 5.69 Å². The van der Waals surface area contributed by atoms with Gasteiger partial charge in [0.15, 0.2) is 0 Å². The quantitative estimate of drug-likeness (QED) is 0.628. The lowest BCUT2D eigenvalue weighted by molar-refractivity contribution is -0.384. The normalized spacial score (nSPS) is 22.9. The second-order valence-corrected chi connectivity index (χ2v) is 4.22. The van der Waals surface area contributed by atoms with E-state index in [9.17, 15) is 10.1 Å². The Labute approximate surface area is 99.9 Å². The van der Waals surface area contributed by atoms with Gasteiger partial charge in [0.1, 0.15) is 11.9 Å². The van der Waals surface area contributed by atoms with Crippen molar-refractivity contribution < 1.29 is 9.66 Å². The fraction of sp³-hybridized carbons (Fsp3) is 0.500. The van der Waals surface area contributed by atoms with Crippen LogP contribution in [0.25, 0.3) is 0 Å². The number of ether oxygens (including phenoxy) is 1. The standard InChI is InChI=1S/C12H16N2O3/c1-2-13-9-7-12(8-9)17-11-5-3-10(4-6-11)14(15)16/h3-6,9,12-13H,2,7-8H2,1H3. The van der Waals surface area contributed by atoms with E-state index in [2.05, 4.69) is 12.2 Å². The number of hydrogen-bond acceptors (Lipinski definition) is 4. The van der Waals surface area contributed by atoms with E-state index in [0.717, 1.165) is 19.4 Å². The lowest BCUT2D eigenvalue weighted by Gasteiger charge is -2.35. The summed E-state index contributed by atoms with van der Waals surface area (Å²) in [5.41, 5.74) is 0.0940. The summed E-state index contributed by atoms with van der Waals surface area (Å²) >= 11 is 0. The third-order valence-corrected chi connectivity index (χ3v) is 2.94. The Kier molecular flexibility index (Phi) is 3.58. The first-order valence-electron chi connectivity index (χ1n) is 5.83. The molecule has 0 saturated heterocycles. The van der Waals surface area contributed by atoms with Crippen molar-refractivity contribution in [2.24, 2.45) is 0 Å². The van der Waals surface area contributed by atoms with Crippen LogP contribution in [-0.4, -0.2) is 23.6 Å². The minimum atomic E-state index is -0.408. The van der Waals surface area contributed by atoms with Gasteiger partial charge in [-0.1, -0.05) is 6.92 Å². The lowest BCUT2D eigenvalue weighted by atomic mass is 9.89. The van der Waals surface area contributed by atoms with Gasteiger partial charge in [-0.15, -0.1) is 0 Å². The Morgan fingerprint density at radius 3 is 2.59 bits per heavy atom. The predicted molar refractivity (Wildman–Crippen MR) is 64.2 cm³/mol. The van der Waals surface area contributed by atoms with Crippen molar-refractivity contribution in [2.45, 2.75) is 31.9 Å². The smallest absolute Gasteiger partial charge is 0.269 e. The SMILES string of the molecule is CCNC1CC(Oc2ccc([N+](=O)[O-])cc2)C1. The second kappa shape index (κ2) is 5.14. The first-order valence-corrected chi connectivity index (χ1v) is 5.83. The Morgan fingerprint density at radius 2 is 2.06 bits per heavy atom. The first kappa shape index (κ1) is 11.9. The van der Waals surface area contributed by atoms with Crippen LogP contribution in [0.2, 0.25) is 0 Å². The fourth-order valence-corrected chi connectivity index (χ4v) is 1.96. The van der Waals surface area contributed by atoms with Crippen LogP contribution in [-0.2, 0) is 0 Å². The number of nitrogens with one attached hydrogen (secondary N) is 1. The first-order chi connectivity index (χ1) is 8.19. The maximum atomic E-state index is 10.5. The highest BCUT2D eigenvalue weighted by atomic mass is 16.6. The zero-order valence-corrected chi connectivity index (χ0v) is 9.76. The van der Waals surface area contributed by atoms with E-state index in [1.807, 2.05) is 0 Å². The number of hydrogen-bond donors (Lipinski definition) is 1. The third kappa shape index (κ3) is 2.94. The molecule has 92 valence electrons. The average Bonchev–Trinajstić information content (AvgIpc) is 2.27. The lowest BCUT2D eigenvalue weighted by Crippen LogP contribution is -2.46. The van der Waals surface area contributed by atoms with Crippen molar-refractivity contribution in [3.05, 3.63) is 34.4 Å². The van der Waals surface area contributed by atoms with E-state index in [1.165, 1.54) is 12.1 Å². The Hall–Kier alpha value is -1.62. The van der Waals surface area contributed by atoms with Gasteiger partial charge in [0.2, 0.25) is 0 Å². The summed E-state index contributed by atoms with van der Waals surface area (Å²) in [7, 11) is 0. The molecule has 1 aromatic carbocycles. The van der Waals surface area contributed by atoms with Crippen LogP contribution < -0.4 is 10.1 Å². The molecule has 0 amide bonds. The molecular weight excluding hydrogens is 220 g/mol. The van der Waals surface area contributed by atoms with Crippen LogP contribution in [0.15, 0.2) is 24.3 Å². The molecule has 1 N–H and O–H groups in total. The molecule has 2 rings (SSSR count). The molecule has 1 saturated carbocycles. The van der Waals surface area contributed by atoms with Crippen molar-refractivity contribution in [3.8, 4) is 5.75 Å². The van der Waals surface area contributed by atoms with Crippen LogP contribution in [0.3, 0.4) is 0 Å². The van der Waals surface area contributed by atoms with E-state index < -0.39 is 4.92 Å². The molecule has 0 heterocycles. The van der Waals surface area contributed by atoms with Gasteiger partial charge in [-0.25, -0.2) is 0 Å². The number of nitrogens with zero attached hydrogens (tertiary/aromatic N) is 1. The van der Waals surface area contributed by atoms with Crippen LogP contribution in [0.1, 0.15) is 19.8 Å². The molecule has 1 fully saturated rings. The van der Waals surface area contributed by atoms with Crippen molar-refractivity contribution in [2.75, 3.05) is 6.54 Å². The summed E-state index contributed by atoms with van der Waals surface area (Å²) in [5, 5.41) is 13.8. The largest absolute Gasteiger partial charge is 0.490 e. The summed E-state index contributed by atoms with van der Waals surface area (Å²) in [6.45, 7) is 3.07. The Morgan fingerprint density at radius 1 is 1.41 bits per heavy atom. The molecule has 0 atom stereocenters. The highest BCUT2D eigenvalue weighted by Crippen LogP contribution is 2.26. The molecule has 0 bridgehead atoms. The zero-order valence-electron chi connectivity index (χ0n) is 9.76. The van der Waals surface area contributed by atoms with E-state index >= 15 is 0 Å². The molecule has 1 aliphatic carbocycles. The number of rotatable bonds is 5. The molecule has 0 unspecified atom stereocenters. The summed E-state index contributed by atoms with van der Waals surface area (Å²) in [4.78, 5) is 10.1.